The van der Waals surface area contributed by atoms with Gasteiger partial charge in [-0.05, 0) is 0 Å². The first kappa shape index (κ1) is 3.71. The molecule has 1 fully saturated rings. The monoisotopic (exact) mass is 281 g/mol. The summed E-state index contributed by atoms with van der Waals surface area (Å²) in [5.74, 6) is 0. The molecule has 1 aliphatic rings. The normalized spacial score (nSPS) is 30.5. The van der Waals surface area contributed by atoms with E-state index in [0.717, 1.165) is 17.2 Å². The van der Waals surface area contributed by atoms with E-state index in [2.05, 4.69) is 5.70 Å². The van der Waals surface area contributed by atoms with Crippen LogP contribution in [0, 0.1) is 0 Å². The Kier molecular flexibility index (Phi) is 1.22. The van der Waals surface area contributed by atoms with E-state index in [4.69, 9.17) is 0 Å². The third kappa shape index (κ3) is 1.10. The molecule has 0 saturated carbocycles. The first-order chi connectivity index (χ1) is 1.89. The molecule has 25 valence electrons. The van der Waals surface area contributed by atoms with Gasteiger partial charge in [0.15, 0.2) is 0 Å². The molecule has 0 aromatic rings. The van der Waals surface area contributed by atoms with Gasteiger partial charge in [0.1, 0.15) is 0 Å². The van der Waals surface area contributed by atoms with E-state index in [1.165, 1.54) is 0 Å². The van der Waals surface area contributed by atoms with E-state index in [-0.39, 0.29) is 15.6 Å². The van der Waals surface area contributed by atoms with Crippen molar-refractivity contribution in [1.29, 1.82) is 0 Å². The zero-order valence-corrected chi connectivity index (χ0v) is 6.78. The summed E-state index contributed by atoms with van der Waals surface area (Å²) in [5.41, 5.74) is 2.48. The van der Waals surface area contributed by atoms with E-state index in [0.29, 0.717) is 0 Å². The molecule has 1 heterocycles. The molecule has 1 saturated heterocycles. The second-order valence-corrected chi connectivity index (χ2v) is 21.9. The molecule has 0 amide bonds. The van der Waals surface area contributed by atoms with E-state index in [9.17, 15) is 0 Å². The maximum atomic E-state index is 2.48. The van der Waals surface area contributed by atoms with Gasteiger partial charge in [0.2, 0.25) is 0 Å². The molecule has 3 heteroatoms. The van der Waals surface area contributed by atoms with Crippen molar-refractivity contribution >= 4 is 38.6 Å². The van der Waals surface area contributed by atoms with Crippen LogP contribution in [0.1, 0.15) is 0 Å². The molecule has 0 N–H and O–H groups in total. The van der Waals surface area contributed by atoms with Crippen molar-refractivity contribution < 1.29 is 0 Å². The molecule has 1 radical (unpaired) electrons. The second kappa shape index (κ2) is 1.32. The Morgan fingerprint density at radius 2 is 2.25 bits per heavy atom. The van der Waals surface area contributed by atoms with Crippen LogP contribution in [0.4, 0.5) is 0 Å². The minimum absolute atomic E-state index is 0.0967. The molecule has 0 aromatic carbocycles. The van der Waals surface area contributed by atoms with Gasteiger partial charge in [0.25, 0.3) is 0 Å². The Bertz CT molecular complexity index is 25.2. The Balaban J connectivity index is 2.17. The fourth-order valence-corrected chi connectivity index (χ4v) is 11.5. The second-order valence-electron chi connectivity index (χ2n) is 0.713. The quantitative estimate of drug-likeness (QED) is 0.351. The Hall–Kier alpha value is 1.52. The van der Waals surface area contributed by atoms with Crippen LogP contribution in [-0.4, -0.2) is 8.14 Å². The molecule has 0 unspecified atom stereocenters. The molecular weight excluding hydrogens is 277 g/mol. The van der Waals surface area contributed by atoms with Crippen molar-refractivity contribution in [3.63, 3.8) is 0 Å². The van der Waals surface area contributed by atoms with Crippen molar-refractivity contribution in [2.45, 2.75) is 0 Å². The third-order valence-electron chi connectivity index (χ3n) is 0.303. The maximum absolute atomic E-state index is 2.48. The number of alkyl halides is 2. The summed E-state index contributed by atoms with van der Waals surface area (Å²) in [6, 6.07) is 0. The third-order valence-corrected chi connectivity index (χ3v) is 13.6. The predicted molar refractivity (Wildman–Crippen MR) is 41.5 cm³/mol. The number of halogens is 2. The van der Waals surface area contributed by atoms with Gasteiger partial charge >= 0.3 is 41.0 Å². The van der Waals surface area contributed by atoms with Gasteiger partial charge in [-0.15, -0.1) is 0 Å². The van der Waals surface area contributed by atoms with Crippen LogP contribution < -0.4 is 0 Å². The van der Waals surface area contributed by atoms with E-state index in [1.54, 1.807) is 2.43 Å². The van der Waals surface area contributed by atoms with Crippen LogP contribution in [0.3, 0.4) is 0 Å². The van der Waals surface area contributed by atoms with Crippen molar-refractivity contribution in [2.75, 3.05) is 2.43 Å². The van der Waals surface area contributed by atoms with Gasteiger partial charge in [-0.25, -0.2) is 0 Å². The average Bonchev–Trinajstić information content (AvgIpc) is 1.75. The first-order valence-electron chi connectivity index (χ1n) is 1.06. The fourth-order valence-electron chi connectivity index (χ4n) is 0.0382. The molecule has 0 aromatic heterocycles. The summed E-state index contributed by atoms with van der Waals surface area (Å²) in [6.45, 7) is 0. The van der Waals surface area contributed by atoms with Crippen LogP contribution >= 0.6 is 32.9 Å². The SMILES string of the molecule is BI1C[I]1. The molecule has 1 rings (SSSR count). The fraction of sp³-hybridized carbons (Fsp3) is 1.00. The molecule has 1 aliphatic heterocycles. The summed E-state index contributed by atoms with van der Waals surface area (Å²) in [6.07, 6.45) is 0. The zero-order valence-electron chi connectivity index (χ0n) is 2.46. The minimum atomic E-state index is 0.0967. The number of hydrogen-bond donors (Lipinski definition) is 0. The van der Waals surface area contributed by atoms with Gasteiger partial charge in [-0.3, -0.25) is 0 Å². The predicted octanol–water partition coefficient (Wildman–Crippen LogP) is 0.898. The Labute approximate surface area is 40.6 Å². The zero-order chi connectivity index (χ0) is 2.99. The molecule has 0 bridgehead atoms. The molecule has 4 heavy (non-hydrogen) atoms. The van der Waals surface area contributed by atoms with Crippen LogP contribution in [0.25, 0.3) is 0 Å². The van der Waals surface area contributed by atoms with Crippen LogP contribution in [0.2, 0.25) is 0 Å². The molecule has 0 atom stereocenters. The van der Waals surface area contributed by atoms with Crippen molar-refractivity contribution in [1.82, 2.24) is 0 Å². The number of rotatable bonds is 0. The van der Waals surface area contributed by atoms with Gasteiger partial charge in [0.05, 0.1) is 0 Å². The molecular formula is CH4BI2. The summed E-state index contributed by atoms with van der Waals surface area (Å²) < 4.78 is 1.75. The Morgan fingerprint density at radius 3 is 2.25 bits per heavy atom. The molecule has 0 spiro atoms. The van der Waals surface area contributed by atoms with Crippen molar-refractivity contribution in [3.05, 3.63) is 0 Å². The summed E-state index contributed by atoms with van der Waals surface area (Å²) in [5, 5.41) is 0. The van der Waals surface area contributed by atoms with Crippen LogP contribution in [-0.2, 0) is 0 Å². The summed E-state index contributed by atoms with van der Waals surface area (Å²) in [4.78, 5) is 0. The number of hydrogen-bond acceptors (Lipinski definition) is 0. The van der Waals surface area contributed by atoms with Crippen molar-refractivity contribution in [2.24, 2.45) is 0 Å². The standard InChI is InChI=1S/CH4BI2/c2-4-1-3-4/h1-2H2. The van der Waals surface area contributed by atoms with Gasteiger partial charge in [0, 0.05) is 0 Å². The van der Waals surface area contributed by atoms with Crippen molar-refractivity contribution in [3.8, 4) is 0 Å². The van der Waals surface area contributed by atoms with Crippen LogP contribution in [0.5, 0.6) is 0 Å². The molecule has 0 aliphatic carbocycles. The Morgan fingerprint density at radius 1 is 2.00 bits per heavy atom. The summed E-state index contributed by atoms with van der Waals surface area (Å²) in [7, 11) is 0. The summed E-state index contributed by atoms with van der Waals surface area (Å²) >= 11 is 1.03. The van der Waals surface area contributed by atoms with E-state index < -0.39 is 0 Å². The molecule has 0 nitrogen and oxygen atoms in total. The van der Waals surface area contributed by atoms with Crippen LogP contribution in [0.15, 0.2) is 0 Å². The van der Waals surface area contributed by atoms with E-state index >= 15 is 0 Å². The van der Waals surface area contributed by atoms with Gasteiger partial charge in [-0.2, -0.15) is 0 Å². The first-order valence-corrected chi connectivity index (χ1v) is 12.5. The van der Waals surface area contributed by atoms with Gasteiger partial charge in [-0.1, -0.05) is 0 Å². The van der Waals surface area contributed by atoms with E-state index in [1.807, 2.05) is 0 Å². The van der Waals surface area contributed by atoms with Gasteiger partial charge < -0.3 is 0 Å². The average molecular weight is 281 g/mol. The topological polar surface area (TPSA) is 0 Å².